The van der Waals surface area contributed by atoms with Crippen LogP contribution in [-0.4, -0.2) is 10.8 Å². The summed E-state index contributed by atoms with van der Waals surface area (Å²) in [5.41, 5.74) is 1.31. The number of carbonyl (C=O) groups excluding carboxylic acids is 1. The largest absolute Gasteiger partial charge is 0.324 e. The minimum Gasteiger partial charge on any atom is -0.324 e. The zero-order valence-corrected chi connectivity index (χ0v) is 12.3. The molecule has 6 heteroatoms. The van der Waals surface area contributed by atoms with Crippen LogP contribution in [0.3, 0.4) is 0 Å². The first-order chi connectivity index (χ1) is 10.6. The van der Waals surface area contributed by atoms with Crippen LogP contribution in [0.2, 0.25) is 5.02 Å². The van der Waals surface area contributed by atoms with Gasteiger partial charge in [-0.05, 0) is 24.0 Å². The molecule has 2 aromatic carbocycles. The number of halogens is 1. The van der Waals surface area contributed by atoms with Gasteiger partial charge in [-0.2, -0.15) is 0 Å². The van der Waals surface area contributed by atoms with E-state index in [1.807, 2.05) is 30.3 Å². The third-order valence-corrected chi connectivity index (χ3v) is 4.10. The van der Waals surface area contributed by atoms with E-state index in [0.717, 1.165) is 12.0 Å². The first-order valence-electron chi connectivity index (χ1n) is 6.86. The summed E-state index contributed by atoms with van der Waals surface area (Å²) in [6.45, 7) is 0. The molecule has 1 aliphatic rings. The zero-order chi connectivity index (χ0) is 15.7. The minimum absolute atomic E-state index is 0.102. The molecular formula is C16H13ClN2O3. The van der Waals surface area contributed by atoms with E-state index in [1.165, 1.54) is 18.2 Å². The minimum atomic E-state index is -0.518. The molecule has 22 heavy (non-hydrogen) atoms. The number of amides is 1. The number of carbonyl (C=O) groups is 1. The Morgan fingerprint density at radius 1 is 1.23 bits per heavy atom. The van der Waals surface area contributed by atoms with Gasteiger partial charge in [0.15, 0.2) is 0 Å². The Hall–Kier alpha value is -2.40. The van der Waals surface area contributed by atoms with Crippen LogP contribution in [0.4, 0.5) is 11.4 Å². The van der Waals surface area contributed by atoms with Gasteiger partial charge >= 0.3 is 0 Å². The van der Waals surface area contributed by atoms with Crippen molar-refractivity contribution in [2.75, 3.05) is 5.32 Å². The van der Waals surface area contributed by atoms with Crippen molar-refractivity contribution in [2.24, 2.45) is 5.92 Å². The molecule has 1 N–H and O–H groups in total. The smallest absolute Gasteiger partial charge is 0.271 e. The standard InChI is InChI=1S/C16H13ClN2O3/c17-14-7-6-11(19(21)22)8-15(14)18-16(20)13-9-12(13)10-4-2-1-3-5-10/h1-8,12-13H,9H2,(H,18,20)/t12-,13+/m0/s1. The van der Waals surface area contributed by atoms with E-state index in [2.05, 4.69) is 5.32 Å². The average molecular weight is 317 g/mol. The normalized spacial score (nSPS) is 19.5. The van der Waals surface area contributed by atoms with Gasteiger partial charge in [0.25, 0.3) is 5.69 Å². The highest BCUT2D eigenvalue weighted by Crippen LogP contribution is 2.48. The lowest BCUT2D eigenvalue weighted by molar-refractivity contribution is -0.384. The van der Waals surface area contributed by atoms with Crippen LogP contribution in [0.5, 0.6) is 0 Å². The third-order valence-electron chi connectivity index (χ3n) is 3.77. The highest BCUT2D eigenvalue weighted by atomic mass is 35.5. The second kappa shape index (κ2) is 5.77. The Morgan fingerprint density at radius 2 is 1.95 bits per heavy atom. The average Bonchev–Trinajstić information content (AvgIpc) is 3.31. The molecule has 5 nitrogen and oxygen atoms in total. The molecule has 0 heterocycles. The Bertz CT molecular complexity index is 733. The van der Waals surface area contributed by atoms with Crippen LogP contribution >= 0.6 is 11.6 Å². The highest BCUT2D eigenvalue weighted by molar-refractivity contribution is 6.33. The summed E-state index contributed by atoms with van der Waals surface area (Å²) in [7, 11) is 0. The molecule has 112 valence electrons. The second-order valence-corrected chi connectivity index (χ2v) is 5.68. The maximum Gasteiger partial charge on any atom is 0.271 e. The molecular weight excluding hydrogens is 304 g/mol. The lowest BCUT2D eigenvalue weighted by Gasteiger charge is -2.07. The fourth-order valence-corrected chi connectivity index (χ4v) is 2.67. The molecule has 2 aromatic rings. The lowest BCUT2D eigenvalue weighted by Crippen LogP contribution is -2.15. The van der Waals surface area contributed by atoms with Crippen LogP contribution in [0, 0.1) is 16.0 Å². The highest BCUT2D eigenvalue weighted by Gasteiger charge is 2.43. The zero-order valence-electron chi connectivity index (χ0n) is 11.5. The number of hydrogen-bond donors (Lipinski definition) is 1. The number of nitro groups is 1. The maximum atomic E-state index is 12.3. The number of nitrogens with one attached hydrogen (secondary N) is 1. The molecule has 3 rings (SSSR count). The van der Waals surface area contributed by atoms with Gasteiger partial charge in [-0.1, -0.05) is 41.9 Å². The van der Waals surface area contributed by atoms with Gasteiger partial charge in [0.05, 0.1) is 15.6 Å². The number of benzene rings is 2. The van der Waals surface area contributed by atoms with E-state index >= 15 is 0 Å². The van der Waals surface area contributed by atoms with Gasteiger partial charge in [-0.25, -0.2) is 0 Å². The molecule has 0 unspecified atom stereocenters. The molecule has 0 bridgehead atoms. The summed E-state index contributed by atoms with van der Waals surface area (Å²) in [6, 6.07) is 13.8. The van der Waals surface area contributed by atoms with Crippen molar-refractivity contribution < 1.29 is 9.72 Å². The summed E-state index contributed by atoms with van der Waals surface area (Å²) >= 11 is 5.99. The van der Waals surface area contributed by atoms with Gasteiger partial charge in [-0.15, -0.1) is 0 Å². The van der Waals surface area contributed by atoms with Crippen molar-refractivity contribution in [3.05, 3.63) is 69.2 Å². The molecule has 0 aliphatic heterocycles. The summed E-state index contributed by atoms with van der Waals surface area (Å²) in [5.74, 6) is -0.0624. The summed E-state index contributed by atoms with van der Waals surface area (Å²) in [4.78, 5) is 22.5. The van der Waals surface area contributed by atoms with Crippen molar-refractivity contribution in [3.63, 3.8) is 0 Å². The van der Waals surface area contributed by atoms with E-state index in [0.29, 0.717) is 0 Å². The van der Waals surface area contributed by atoms with E-state index < -0.39 is 4.92 Å². The molecule has 0 radical (unpaired) electrons. The summed E-state index contributed by atoms with van der Waals surface area (Å²) in [5, 5.41) is 13.8. The SMILES string of the molecule is O=C(Nc1cc([N+](=O)[O-])ccc1Cl)[C@@H]1C[C@H]1c1ccccc1. The van der Waals surface area contributed by atoms with Gasteiger partial charge in [0, 0.05) is 18.1 Å². The Balaban J connectivity index is 1.71. The van der Waals surface area contributed by atoms with Gasteiger partial charge < -0.3 is 5.32 Å². The number of nitrogens with zero attached hydrogens (tertiary/aromatic N) is 1. The third kappa shape index (κ3) is 2.94. The van der Waals surface area contributed by atoms with Crippen molar-refractivity contribution in [1.29, 1.82) is 0 Å². The molecule has 1 amide bonds. The van der Waals surface area contributed by atoms with Crippen LogP contribution in [0.25, 0.3) is 0 Å². The summed E-state index contributed by atoms with van der Waals surface area (Å²) < 4.78 is 0. The van der Waals surface area contributed by atoms with Crippen LogP contribution in [-0.2, 0) is 4.79 Å². The Kier molecular flexibility index (Phi) is 3.81. The van der Waals surface area contributed by atoms with Gasteiger partial charge in [-0.3, -0.25) is 14.9 Å². The molecule has 0 aromatic heterocycles. The van der Waals surface area contributed by atoms with E-state index in [1.54, 1.807) is 0 Å². The summed E-state index contributed by atoms with van der Waals surface area (Å²) in [6.07, 6.45) is 0.780. The maximum absolute atomic E-state index is 12.3. The van der Waals surface area contributed by atoms with Gasteiger partial charge in [0.1, 0.15) is 0 Å². The monoisotopic (exact) mass is 316 g/mol. The van der Waals surface area contributed by atoms with Crippen molar-refractivity contribution in [1.82, 2.24) is 0 Å². The Labute approximate surface area is 132 Å². The quantitative estimate of drug-likeness (QED) is 0.684. The molecule has 2 atom stereocenters. The fourth-order valence-electron chi connectivity index (χ4n) is 2.50. The molecule has 1 aliphatic carbocycles. The van der Waals surface area contributed by atoms with Crippen LogP contribution in [0.1, 0.15) is 17.9 Å². The number of hydrogen-bond acceptors (Lipinski definition) is 3. The number of nitro benzene ring substituents is 1. The first kappa shape index (κ1) is 14.5. The predicted molar refractivity (Wildman–Crippen MR) is 84.0 cm³/mol. The predicted octanol–water partition coefficient (Wildman–Crippen LogP) is 3.99. The van der Waals surface area contributed by atoms with Crippen LogP contribution in [0.15, 0.2) is 48.5 Å². The van der Waals surface area contributed by atoms with Crippen molar-refractivity contribution >= 4 is 28.9 Å². The molecule has 0 saturated heterocycles. The Morgan fingerprint density at radius 3 is 2.64 bits per heavy atom. The first-order valence-corrected chi connectivity index (χ1v) is 7.24. The van der Waals surface area contributed by atoms with Crippen molar-refractivity contribution in [2.45, 2.75) is 12.3 Å². The van der Waals surface area contributed by atoms with Crippen LogP contribution < -0.4 is 5.32 Å². The van der Waals surface area contributed by atoms with E-state index in [9.17, 15) is 14.9 Å². The number of anilines is 1. The molecule has 1 fully saturated rings. The van der Waals surface area contributed by atoms with Crippen molar-refractivity contribution in [3.8, 4) is 0 Å². The molecule has 1 saturated carbocycles. The number of rotatable bonds is 4. The fraction of sp³-hybridized carbons (Fsp3) is 0.188. The topological polar surface area (TPSA) is 72.2 Å². The van der Waals surface area contributed by atoms with E-state index in [4.69, 9.17) is 11.6 Å². The van der Waals surface area contributed by atoms with E-state index in [-0.39, 0.29) is 34.1 Å². The molecule has 0 spiro atoms. The second-order valence-electron chi connectivity index (χ2n) is 5.27. The lowest BCUT2D eigenvalue weighted by atomic mass is 10.1. The number of non-ortho nitro benzene ring substituents is 1. The van der Waals surface area contributed by atoms with Gasteiger partial charge in [0.2, 0.25) is 5.91 Å².